The highest BCUT2D eigenvalue weighted by Crippen LogP contribution is 2.19. The molecular formula is C23H35NO6. The highest BCUT2D eigenvalue weighted by Gasteiger charge is 2.35. The smallest absolute Gasteiger partial charge is 0.411 e. The summed E-state index contributed by atoms with van der Waals surface area (Å²) < 4.78 is 16.0. The Labute approximate surface area is 179 Å². The second-order valence-corrected chi connectivity index (χ2v) is 8.47. The number of carbonyl (C=O) groups excluding carboxylic acids is 3. The standard InChI is InChI=1S/C23H35NO6/c1-7-28-20(25)13-14-24(22(27)30-23(4,5)6)19(15-17(2)3)21(26)29-16-18-11-9-8-10-12-18/h8-12,17,19H,7,13-16H2,1-6H3. The number of rotatable bonds is 10. The van der Waals surface area contributed by atoms with Crippen LogP contribution in [0.4, 0.5) is 4.79 Å². The van der Waals surface area contributed by atoms with E-state index in [4.69, 9.17) is 14.2 Å². The van der Waals surface area contributed by atoms with Gasteiger partial charge in [0, 0.05) is 6.54 Å². The minimum Gasteiger partial charge on any atom is -0.466 e. The summed E-state index contributed by atoms with van der Waals surface area (Å²) in [6.45, 7) is 11.2. The van der Waals surface area contributed by atoms with Crippen molar-refractivity contribution in [1.29, 1.82) is 0 Å². The molecule has 1 rings (SSSR count). The Morgan fingerprint density at radius 1 is 1.03 bits per heavy atom. The molecule has 0 radical (unpaired) electrons. The van der Waals surface area contributed by atoms with Gasteiger partial charge in [-0.3, -0.25) is 9.69 Å². The molecular weight excluding hydrogens is 386 g/mol. The number of carbonyl (C=O) groups is 3. The van der Waals surface area contributed by atoms with E-state index in [-0.39, 0.29) is 32.1 Å². The quantitative estimate of drug-likeness (QED) is 0.413. The molecule has 0 aliphatic heterocycles. The molecule has 0 heterocycles. The lowest BCUT2D eigenvalue weighted by Gasteiger charge is -2.33. The Hall–Kier alpha value is -2.57. The first-order valence-electron chi connectivity index (χ1n) is 10.4. The molecule has 0 spiro atoms. The van der Waals surface area contributed by atoms with Gasteiger partial charge in [-0.1, -0.05) is 44.2 Å². The van der Waals surface area contributed by atoms with Gasteiger partial charge in [0.25, 0.3) is 0 Å². The molecule has 0 saturated heterocycles. The minimum atomic E-state index is -0.863. The number of nitrogens with zero attached hydrogens (tertiary/aromatic N) is 1. The van der Waals surface area contributed by atoms with Crippen LogP contribution in [0, 0.1) is 5.92 Å². The second kappa shape index (κ2) is 12.2. The zero-order valence-corrected chi connectivity index (χ0v) is 19.0. The van der Waals surface area contributed by atoms with E-state index in [0.717, 1.165) is 5.56 Å². The molecule has 1 aromatic carbocycles. The Balaban J connectivity index is 3.02. The average molecular weight is 422 g/mol. The van der Waals surface area contributed by atoms with Crippen molar-refractivity contribution >= 4 is 18.0 Å². The van der Waals surface area contributed by atoms with Gasteiger partial charge in [-0.05, 0) is 45.6 Å². The normalized spacial score (nSPS) is 12.2. The van der Waals surface area contributed by atoms with Crippen LogP contribution >= 0.6 is 0 Å². The third-order valence-electron chi connectivity index (χ3n) is 4.06. The van der Waals surface area contributed by atoms with Gasteiger partial charge < -0.3 is 14.2 Å². The molecule has 0 aliphatic rings. The van der Waals surface area contributed by atoms with Gasteiger partial charge in [0.15, 0.2) is 0 Å². The first-order valence-corrected chi connectivity index (χ1v) is 10.4. The molecule has 0 saturated carbocycles. The Morgan fingerprint density at radius 2 is 1.67 bits per heavy atom. The molecule has 1 aromatic rings. The number of hydrogen-bond acceptors (Lipinski definition) is 6. The van der Waals surface area contributed by atoms with Crippen LogP contribution in [0.5, 0.6) is 0 Å². The van der Waals surface area contributed by atoms with Gasteiger partial charge in [-0.15, -0.1) is 0 Å². The highest BCUT2D eigenvalue weighted by molar-refractivity contribution is 5.82. The fourth-order valence-corrected chi connectivity index (χ4v) is 2.76. The summed E-state index contributed by atoms with van der Waals surface area (Å²) in [5.74, 6) is -0.846. The summed E-state index contributed by atoms with van der Waals surface area (Å²) in [5.41, 5.74) is 0.111. The molecule has 0 N–H and O–H groups in total. The average Bonchev–Trinajstić information content (AvgIpc) is 2.64. The topological polar surface area (TPSA) is 82.1 Å². The van der Waals surface area contributed by atoms with Crippen molar-refractivity contribution in [2.45, 2.75) is 72.6 Å². The van der Waals surface area contributed by atoms with Gasteiger partial charge in [-0.2, -0.15) is 0 Å². The molecule has 168 valence electrons. The van der Waals surface area contributed by atoms with Crippen molar-refractivity contribution in [3.8, 4) is 0 Å². The fraction of sp³-hybridized carbons (Fsp3) is 0.609. The van der Waals surface area contributed by atoms with Crippen molar-refractivity contribution in [2.75, 3.05) is 13.2 Å². The maximum absolute atomic E-state index is 12.9. The molecule has 1 amide bonds. The highest BCUT2D eigenvalue weighted by atomic mass is 16.6. The third kappa shape index (κ3) is 9.76. The molecule has 0 aromatic heterocycles. The first kappa shape index (κ1) is 25.5. The van der Waals surface area contributed by atoms with Crippen LogP contribution in [0.3, 0.4) is 0 Å². The van der Waals surface area contributed by atoms with Crippen LogP contribution in [0.2, 0.25) is 0 Å². The molecule has 30 heavy (non-hydrogen) atoms. The molecule has 0 fully saturated rings. The van der Waals surface area contributed by atoms with E-state index < -0.39 is 29.7 Å². The predicted octanol–water partition coefficient (Wildman–Crippen LogP) is 4.33. The SMILES string of the molecule is CCOC(=O)CCN(C(=O)OC(C)(C)C)C(CC(C)C)C(=O)OCc1ccccc1. The number of hydrogen-bond donors (Lipinski definition) is 0. The maximum Gasteiger partial charge on any atom is 0.411 e. The number of amides is 1. The van der Waals surface area contributed by atoms with Gasteiger partial charge in [-0.25, -0.2) is 9.59 Å². The van der Waals surface area contributed by atoms with Crippen molar-refractivity contribution in [1.82, 2.24) is 4.90 Å². The zero-order chi connectivity index (χ0) is 22.7. The van der Waals surface area contributed by atoms with Crippen molar-refractivity contribution in [3.63, 3.8) is 0 Å². The van der Waals surface area contributed by atoms with Crippen molar-refractivity contribution in [2.24, 2.45) is 5.92 Å². The summed E-state index contributed by atoms with van der Waals surface area (Å²) >= 11 is 0. The van der Waals surface area contributed by atoms with E-state index in [9.17, 15) is 14.4 Å². The number of benzene rings is 1. The van der Waals surface area contributed by atoms with Crippen molar-refractivity contribution in [3.05, 3.63) is 35.9 Å². The van der Waals surface area contributed by atoms with E-state index in [1.807, 2.05) is 44.2 Å². The molecule has 7 heteroatoms. The van der Waals surface area contributed by atoms with E-state index in [1.54, 1.807) is 27.7 Å². The second-order valence-electron chi connectivity index (χ2n) is 8.47. The summed E-state index contributed by atoms with van der Waals surface area (Å²) in [4.78, 5) is 39.0. The Morgan fingerprint density at radius 3 is 2.20 bits per heavy atom. The van der Waals surface area contributed by atoms with Crippen LogP contribution in [0.25, 0.3) is 0 Å². The molecule has 0 aliphatic carbocycles. The largest absolute Gasteiger partial charge is 0.466 e. The summed E-state index contributed by atoms with van der Waals surface area (Å²) in [6, 6.07) is 8.46. The van der Waals surface area contributed by atoms with Gasteiger partial charge in [0.2, 0.25) is 0 Å². The first-order chi connectivity index (χ1) is 14.0. The Kier molecular flexibility index (Phi) is 10.4. The van der Waals surface area contributed by atoms with Crippen LogP contribution in [-0.2, 0) is 30.4 Å². The molecule has 1 atom stereocenters. The lowest BCUT2D eigenvalue weighted by molar-refractivity contribution is -0.153. The number of ether oxygens (including phenoxy) is 3. The van der Waals surface area contributed by atoms with Gasteiger partial charge in [0.05, 0.1) is 13.0 Å². The molecule has 1 unspecified atom stereocenters. The van der Waals surface area contributed by atoms with E-state index in [1.165, 1.54) is 4.90 Å². The summed E-state index contributed by atoms with van der Waals surface area (Å²) in [7, 11) is 0. The lowest BCUT2D eigenvalue weighted by Crippen LogP contribution is -2.49. The van der Waals surface area contributed by atoms with E-state index >= 15 is 0 Å². The van der Waals surface area contributed by atoms with Crippen LogP contribution in [0.15, 0.2) is 30.3 Å². The zero-order valence-electron chi connectivity index (χ0n) is 19.0. The minimum absolute atomic E-state index is 0.00553. The van der Waals surface area contributed by atoms with Gasteiger partial charge >= 0.3 is 18.0 Å². The van der Waals surface area contributed by atoms with Crippen molar-refractivity contribution < 1.29 is 28.6 Å². The molecule has 0 bridgehead atoms. The van der Waals surface area contributed by atoms with Crippen LogP contribution in [0.1, 0.15) is 59.9 Å². The van der Waals surface area contributed by atoms with Crippen LogP contribution < -0.4 is 0 Å². The third-order valence-corrected chi connectivity index (χ3v) is 4.06. The lowest BCUT2D eigenvalue weighted by atomic mass is 10.0. The monoisotopic (exact) mass is 421 g/mol. The van der Waals surface area contributed by atoms with Crippen LogP contribution in [-0.4, -0.2) is 47.7 Å². The predicted molar refractivity (Wildman–Crippen MR) is 114 cm³/mol. The maximum atomic E-state index is 12.9. The van der Waals surface area contributed by atoms with E-state index in [2.05, 4.69) is 0 Å². The summed E-state index contributed by atoms with van der Waals surface area (Å²) in [6.07, 6.45) is -0.308. The van der Waals surface area contributed by atoms with Gasteiger partial charge in [0.1, 0.15) is 18.2 Å². The Bertz CT molecular complexity index is 681. The number of esters is 2. The summed E-state index contributed by atoms with van der Waals surface area (Å²) in [5, 5.41) is 0. The fourth-order valence-electron chi connectivity index (χ4n) is 2.76. The van der Waals surface area contributed by atoms with E-state index in [0.29, 0.717) is 6.42 Å². The molecule has 7 nitrogen and oxygen atoms in total.